The predicted octanol–water partition coefficient (Wildman–Crippen LogP) is 3.64. The predicted molar refractivity (Wildman–Crippen MR) is 103 cm³/mol. The molecule has 0 aliphatic carbocycles. The average Bonchev–Trinajstić information content (AvgIpc) is 2.72. The van der Waals surface area contributed by atoms with Gasteiger partial charge in [-0.3, -0.25) is 9.59 Å². The lowest BCUT2D eigenvalue weighted by Gasteiger charge is -2.07. The lowest BCUT2D eigenvalue weighted by molar-refractivity contribution is 0.0946. The molecule has 130 valence electrons. The molecule has 3 rings (SSSR count). The Labute approximate surface area is 152 Å². The Bertz CT molecular complexity index is 886. The fraction of sp³-hybridized carbons (Fsp3) is 0.0909. The lowest BCUT2D eigenvalue weighted by Crippen LogP contribution is -2.23. The van der Waals surface area contributed by atoms with Crippen molar-refractivity contribution in [1.29, 1.82) is 0 Å². The van der Waals surface area contributed by atoms with E-state index in [1.807, 2.05) is 66.7 Å². The van der Waals surface area contributed by atoms with Crippen molar-refractivity contribution in [3.05, 3.63) is 95.6 Å². The minimum Gasteiger partial charge on any atom is -0.355 e. The van der Waals surface area contributed by atoms with E-state index in [1.54, 1.807) is 19.2 Å². The summed E-state index contributed by atoms with van der Waals surface area (Å²) in [6.07, 6.45) is 0. The number of benzene rings is 3. The molecule has 0 heterocycles. The number of carbonyl (C=O) groups excluding carboxylic acids is 2. The van der Waals surface area contributed by atoms with Crippen molar-refractivity contribution in [2.24, 2.45) is 0 Å². The van der Waals surface area contributed by atoms with Gasteiger partial charge in [-0.1, -0.05) is 54.6 Å². The first kappa shape index (κ1) is 17.4. The second-order valence-electron chi connectivity index (χ2n) is 5.90. The fourth-order valence-corrected chi connectivity index (χ4v) is 2.65. The van der Waals surface area contributed by atoms with Crippen molar-refractivity contribution >= 4 is 11.8 Å². The van der Waals surface area contributed by atoms with Crippen LogP contribution in [-0.2, 0) is 6.54 Å². The van der Waals surface area contributed by atoms with Crippen LogP contribution in [0.2, 0.25) is 0 Å². The van der Waals surface area contributed by atoms with Crippen molar-refractivity contribution in [3.8, 4) is 11.1 Å². The van der Waals surface area contributed by atoms with Gasteiger partial charge in [-0.15, -0.1) is 0 Å². The Balaban J connectivity index is 1.60. The van der Waals surface area contributed by atoms with Crippen LogP contribution in [0.3, 0.4) is 0 Å². The fourth-order valence-electron chi connectivity index (χ4n) is 2.65. The van der Waals surface area contributed by atoms with Crippen LogP contribution in [0.4, 0.5) is 0 Å². The summed E-state index contributed by atoms with van der Waals surface area (Å²) in [4.78, 5) is 23.8. The highest BCUT2D eigenvalue weighted by Crippen LogP contribution is 2.19. The molecule has 2 N–H and O–H groups in total. The van der Waals surface area contributed by atoms with Gasteiger partial charge in [-0.05, 0) is 41.0 Å². The highest BCUT2D eigenvalue weighted by Gasteiger charge is 2.07. The quantitative estimate of drug-likeness (QED) is 0.742. The molecule has 0 radical (unpaired) electrons. The summed E-state index contributed by atoms with van der Waals surface area (Å²) >= 11 is 0. The van der Waals surface area contributed by atoms with E-state index < -0.39 is 0 Å². The second-order valence-corrected chi connectivity index (χ2v) is 5.90. The van der Waals surface area contributed by atoms with Crippen molar-refractivity contribution in [2.45, 2.75) is 6.54 Å². The van der Waals surface area contributed by atoms with Gasteiger partial charge < -0.3 is 10.6 Å². The molecule has 4 nitrogen and oxygen atoms in total. The molecular formula is C22H20N2O2. The third-order valence-electron chi connectivity index (χ3n) is 4.15. The number of carbonyl (C=O) groups is 2. The van der Waals surface area contributed by atoms with Gasteiger partial charge in [0.15, 0.2) is 0 Å². The molecule has 3 aromatic rings. The average molecular weight is 344 g/mol. The van der Waals surface area contributed by atoms with E-state index in [4.69, 9.17) is 0 Å². The first-order valence-corrected chi connectivity index (χ1v) is 8.42. The van der Waals surface area contributed by atoms with Crippen molar-refractivity contribution in [2.75, 3.05) is 7.05 Å². The van der Waals surface area contributed by atoms with Gasteiger partial charge in [-0.25, -0.2) is 0 Å². The molecule has 0 unspecified atom stereocenters. The molecule has 0 atom stereocenters. The Hall–Kier alpha value is -3.40. The third-order valence-corrected chi connectivity index (χ3v) is 4.15. The maximum Gasteiger partial charge on any atom is 0.251 e. The second kappa shape index (κ2) is 8.12. The standard InChI is InChI=1S/C22H20N2O2/c1-23-21(25)19-9-7-16(8-10-19)15-24-22(26)20-13-11-18(12-14-20)17-5-3-2-4-6-17/h2-14H,15H2,1H3,(H,23,25)(H,24,26). The van der Waals surface area contributed by atoms with Crippen LogP contribution in [-0.4, -0.2) is 18.9 Å². The molecule has 26 heavy (non-hydrogen) atoms. The van der Waals surface area contributed by atoms with Crippen LogP contribution in [0.1, 0.15) is 26.3 Å². The largest absolute Gasteiger partial charge is 0.355 e. The summed E-state index contributed by atoms with van der Waals surface area (Å²) in [6.45, 7) is 0.410. The third kappa shape index (κ3) is 4.16. The molecule has 0 aliphatic rings. The van der Waals surface area contributed by atoms with Crippen LogP contribution in [0.15, 0.2) is 78.9 Å². The summed E-state index contributed by atoms with van der Waals surface area (Å²) in [5.74, 6) is -0.251. The van der Waals surface area contributed by atoms with E-state index in [9.17, 15) is 9.59 Å². The number of hydrogen-bond donors (Lipinski definition) is 2. The first-order valence-electron chi connectivity index (χ1n) is 8.42. The molecule has 4 heteroatoms. The van der Waals surface area contributed by atoms with Crippen molar-refractivity contribution in [1.82, 2.24) is 10.6 Å². The zero-order chi connectivity index (χ0) is 18.4. The van der Waals surface area contributed by atoms with E-state index in [2.05, 4.69) is 10.6 Å². The van der Waals surface area contributed by atoms with E-state index in [-0.39, 0.29) is 11.8 Å². The van der Waals surface area contributed by atoms with Crippen LogP contribution < -0.4 is 10.6 Å². The van der Waals surface area contributed by atoms with E-state index in [1.165, 1.54) is 0 Å². The van der Waals surface area contributed by atoms with Gasteiger partial charge in [0.2, 0.25) is 0 Å². The van der Waals surface area contributed by atoms with Crippen LogP contribution in [0.25, 0.3) is 11.1 Å². The zero-order valence-corrected chi connectivity index (χ0v) is 14.5. The SMILES string of the molecule is CNC(=O)c1ccc(CNC(=O)c2ccc(-c3ccccc3)cc2)cc1. The molecule has 0 saturated carbocycles. The van der Waals surface area contributed by atoms with E-state index in [0.717, 1.165) is 16.7 Å². The normalized spacial score (nSPS) is 10.2. The molecule has 0 aromatic heterocycles. The molecule has 0 aliphatic heterocycles. The molecule has 0 bridgehead atoms. The van der Waals surface area contributed by atoms with Crippen LogP contribution >= 0.6 is 0 Å². The molecule has 3 aromatic carbocycles. The minimum absolute atomic E-state index is 0.125. The zero-order valence-electron chi connectivity index (χ0n) is 14.5. The topological polar surface area (TPSA) is 58.2 Å². The van der Waals surface area contributed by atoms with Gasteiger partial charge in [0.05, 0.1) is 0 Å². The van der Waals surface area contributed by atoms with Crippen molar-refractivity contribution in [3.63, 3.8) is 0 Å². The van der Waals surface area contributed by atoms with Gasteiger partial charge in [0.25, 0.3) is 11.8 Å². The highest BCUT2D eigenvalue weighted by atomic mass is 16.2. The van der Waals surface area contributed by atoms with E-state index >= 15 is 0 Å². The van der Waals surface area contributed by atoms with Gasteiger partial charge in [0.1, 0.15) is 0 Å². The molecular weight excluding hydrogens is 324 g/mol. The summed E-state index contributed by atoms with van der Waals surface area (Å²) in [7, 11) is 1.60. The highest BCUT2D eigenvalue weighted by molar-refractivity contribution is 5.95. The number of nitrogens with one attached hydrogen (secondary N) is 2. The smallest absolute Gasteiger partial charge is 0.251 e. The lowest BCUT2D eigenvalue weighted by atomic mass is 10.0. The van der Waals surface area contributed by atoms with Gasteiger partial charge >= 0.3 is 0 Å². The van der Waals surface area contributed by atoms with Gasteiger partial charge in [-0.2, -0.15) is 0 Å². The molecule has 0 spiro atoms. The Morgan fingerprint density at radius 2 is 1.23 bits per heavy atom. The monoisotopic (exact) mass is 344 g/mol. The van der Waals surface area contributed by atoms with Gasteiger partial charge in [0, 0.05) is 24.7 Å². The molecule has 2 amide bonds. The summed E-state index contributed by atoms with van der Waals surface area (Å²) in [6, 6.07) is 24.7. The summed E-state index contributed by atoms with van der Waals surface area (Å²) in [5.41, 5.74) is 4.35. The molecule has 0 fully saturated rings. The van der Waals surface area contributed by atoms with Crippen LogP contribution in [0, 0.1) is 0 Å². The maximum absolute atomic E-state index is 12.3. The number of rotatable bonds is 5. The Morgan fingerprint density at radius 3 is 1.85 bits per heavy atom. The number of hydrogen-bond acceptors (Lipinski definition) is 2. The summed E-state index contributed by atoms with van der Waals surface area (Å²) in [5, 5.41) is 5.48. The summed E-state index contributed by atoms with van der Waals surface area (Å²) < 4.78 is 0. The molecule has 0 saturated heterocycles. The van der Waals surface area contributed by atoms with E-state index in [0.29, 0.717) is 17.7 Å². The Kier molecular flexibility index (Phi) is 5.44. The maximum atomic E-state index is 12.3. The number of amides is 2. The minimum atomic E-state index is -0.126. The Morgan fingerprint density at radius 1 is 0.692 bits per heavy atom. The van der Waals surface area contributed by atoms with Crippen molar-refractivity contribution < 1.29 is 9.59 Å². The first-order chi connectivity index (χ1) is 12.7. The van der Waals surface area contributed by atoms with Crippen LogP contribution in [0.5, 0.6) is 0 Å².